The molecule has 0 aliphatic rings. The molecule has 0 fully saturated rings. The summed E-state index contributed by atoms with van der Waals surface area (Å²) in [6.07, 6.45) is 0. The third-order valence-electron chi connectivity index (χ3n) is 2.43. The first kappa shape index (κ1) is 18.3. The van der Waals surface area contributed by atoms with Crippen LogP contribution in [-0.2, 0) is 9.59 Å². The number of rotatable bonds is 6. The lowest BCUT2D eigenvalue weighted by molar-refractivity contribution is -0.154. The van der Waals surface area contributed by atoms with E-state index < -0.39 is 23.8 Å². The van der Waals surface area contributed by atoms with Crippen molar-refractivity contribution in [2.24, 2.45) is 17.8 Å². The first-order valence-electron chi connectivity index (χ1n) is 5.95. The van der Waals surface area contributed by atoms with Gasteiger partial charge in [-0.3, -0.25) is 9.59 Å². The molecule has 0 radical (unpaired) electrons. The molecule has 2 atom stereocenters. The average molecular weight is 247 g/mol. The van der Waals surface area contributed by atoms with Crippen LogP contribution in [0.2, 0.25) is 0 Å². The Morgan fingerprint density at radius 1 is 1.00 bits per heavy atom. The Hall–Kier alpha value is -1.10. The van der Waals surface area contributed by atoms with E-state index in [0.717, 1.165) is 13.1 Å². The fraction of sp³-hybridized carbons (Fsp3) is 0.833. The lowest BCUT2D eigenvalue weighted by Crippen LogP contribution is -2.31. The van der Waals surface area contributed by atoms with Crippen LogP contribution >= 0.6 is 0 Å². The van der Waals surface area contributed by atoms with E-state index in [9.17, 15) is 9.59 Å². The van der Waals surface area contributed by atoms with Gasteiger partial charge in [0.05, 0.1) is 11.8 Å². The number of nitrogens with one attached hydrogen (secondary N) is 1. The largest absolute Gasteiger partial charge is 0.481 e. The van der Waals surface area contributed by atoms with Crippen LogP contribution in [0.1, 0.15) is 34.6 Å². The fourth-order valence-electron chi connectivity index (χ4n) is 1.48. The van der Waals surface area contributed by atoms with E-state index in [0.29, 0.717) is 0 Å². The molecule has 102 valence electrons. The Kier molecular flexibility index (Phi) is 10.8. The van der Waals surface area contributed by atoms with Gasteiger partial charge in [-0.25, -0.2) is 0 Å². The van der Waals surface area contributed by atoms with Crippen LogP contribution in [-0.4, -0.2) is 35.2 Å². The van der Waals surface area contributed by atoms with Crippen molar-refractivity contribution in [2.75, 3.05) is 13.1 Å². The Labute approximate surface area is 103 Å². The standard InChI is InChI=1S/C8H14O4.C4H11N/c1-4(2)6(8(11)12)5(3)7(9)10;1-3-5-4-2/h4-6H,1-3H3,(H,9,10)(H,11,12);5H,3-4H2,1-2H3. The maximum Gasteiger partial charge on any atom is 0.307 e. The van der Waals surface area contributed by atoms with Crippen LogP contribution in [0.25, 0.3) is 0 Å². The summed E-state index contributed by atoms with van der Waals surface area (Å²) >= 11 is 0. The molecule has 0 amide bonds. The van der Waals surface area contributed by atoms with Gasteiger partial charge in [0, 0.05) is 0 Å². The van der Waals surface area contributed by atoms with Gasteiger partial charge in [0.1, 0.15) is 0 Å². The highest BCUT2D eigenvalue weighted by atomic mass is 16.4. The van der Waals surface area contributed by atoms with Gasteiger partial charge in [0.15, 0.2) is 0 Å². The normalized spacial score (nSPS) is 13.5. The Balaban J connectivity index is 0. The molecule has 0 aromatic carbocycles. The first-order chi connectivity index (χ1) is 7.79. The molecule has 5 heteroatoms. The number of carbonyl (C=O) groups is 2. The van der Waals surface area contributed by atoms with Crippen molar-refractivity contribution in [3.8, 4) is 0 Å². The number of carboxylic acids is 2. The summed E-state index contributed by atoms with van der Waals surface area (Å²) in [6, 6.07) is 0. The van der Waals surface area contributed by atoms with E-state index in [1.807, 2.05) is 0 Å². The predicted molar refractivity (Wildman–Crippen MR) is 67.0 cm³/mol. The zero-order valence-corrected chi connectivity index (χ0v) is 11.4. The number of hydrogen-bond acceptors (Lipinski definition) is 3. The van der Waals surface area contributed by atoms with Crippen molar-refractivity contribution in [1.29, 1.82) is 0 Å². The van der Waals surface area contributed by atoms with Crippen molar-refractivity contribution in [3.63, 3.8) is 0 Å². The highest BCUT2D eigenvalue weighted by molar-refractivity contribution is 5.79. The molecule has 0 aromatic heterocycles. The van der Waals surface area contributed by atoms with Crippen LogP contribution in [0.15, 0.2) is 0 Å². The van der Waals surface area contributed by atoms with Crippen molar-refractivity contribution in [2.45, 2.75) is 34.6 Å². The maximum absolute atomic E-state index is 10.6. The quantitative estimate of drug-likeness (QED) is 0.664. The van der Waals surface area contributed by atoms with Gasteiger partial charge in [0.25, 0.3) is 0 Å². The minimum Gasteiger partial charge on any atom is -0.481 e. The van der Waals surface area contributed by atoms with Gasteiger partial charge in [-0.2, -0.15) is 0 Å². The summed E-state index contributed by atoms with van der Waals surface area (Å²) in [5.41, 5.74) is 0. The van der Waals surface area contributed by atoms with Crippen molar-refractivity contribution in [1.82, 2.24) is 5.32 Å². The molecule has 0 saturated carbocycles. The zero-order valence-electron chi connectivity index (χ0n) is 11.4. The van der Waals surface area contributed by atoms with Gasteiger partial charge in [0.2, 0.25) is 0 Å². The van der Waals surface area contributed by atoms with E-state index in [-0.39, 0.29) is 5.92 Å². The molecular weight excluding hydrogens is 222 g/mol. The second-order valence-electron chi connectivity index (χ2n) is 4.19. The minimum atomic E-state index is -1.06. The van der Waals surface area contributed by atoms with Gasteiger partial charge in [-0.15, -0.1) is 0 Å². The molecule has 0 aromatic rings. The smallest absolute Gasteiger partial charge is 0.307 e. The second-order valence-corrected chi connectivity index (χ2v) is 4.19. The molecule has 0 bridgehead atoms. The van der Waals surface area contributed by atoms with Gasteiger partial charge in [-0.05, 0) is 19.0 Å². The van der Waals surface area contributed by atoms with E-state index in [4.69, 9.17) is 10.2 Å². The van der Waals surface area contributed by atoms with Gasteiger partial charge in [-0.1, -0.05) is 34.6 Å². The average Bonchev–Trinajstić information content (AvgIpc) is 2.18. The third-order valence-corrected chi connectivity index (χ3v) is 2.43. The number of hydrogen-bond donors (Lipinski definition) is 3. The summed E-state index contributed by atoms with van der Waals surface area (Å²) in [4.78, 5) is 21.1. The summed E-state index contributed by atoms with van der Waals surface area (Å²) < 4.78 is 0. The fourth-order valence-corrected chi connectivity index (χ4v) is 1.48. The summed E-state index contributed by atoms with van der Waals surface area (Å²) in [5.74, 6) is -3.89. The second kappa shape index (κ2) is 10.1. The summed E-state index contributed by atoms with van der Waals surface area (Å²) in [7, 11) is 0. The lowest BCUT2D eigenvalue weighted by atomic mass is 9.85. The van der Waals surface area contributed by atoms with E-state index in [2.05, 4.69) is 19.2 Å². The van der Waals surface area contributed by atoms with Gasteiger partial charge >= 0.3 is 11.9 Å². The highest BCUT2D eigenvalue weighted by Crippen LogP contribution is 2.21. The minimum absolute atomic E-state index is 0.159. The van der Waals surface area contributed by atoms with Crippen LogP contribution in [0.3, 0.4) is 0 Å². The first-order valence-corrected chi connectivity index (χ1v) is 5.95. The Morgan fingerprint density at radius 3 is 1.47 bits per heavy atom. The van der Waals surface area contributed by atoms with Crippen LogP contribution < -0.4 is 5.32 Å². The van der Waals surface area contributed by atoms with Crippen LogP contribution in [0.5, 0.6) is 0 Å². The Morgan fingerprint density at radius 2 is 1.41 bits per heavy atom. The summed E-state index contributed by atoms with van der Waals surface area (Å²) in [6.45, 7) is 11.2. The van der Waals surface area contributed by atoms with Crippen LogP contribution in [0.4, 0.5) is 0 Å². The zero-order chi connectivity index (χ0) is 14.0. The van der Waals surface area contributed by atoms with E-state index >= 15 is 0 Å². The molecule has 3 N–H and O–H groups in total. The highest BCUT2D eigenvalue weighted by Gasteiger charge is 2.32. The molecule has 0 heterocycles. The molecule has 17 heavy (non-hydrogen) atoms. The molecule has 5 nitrogen and oxygen atoms in total. The van der Waals surface area contributed by atoms with Crippen molar-refractivity contribution in [3.05, 3.63) is 0 Å². The van der Waals surface area contributed by atoms with E-state index in [1.165, 1.54) is 6.92 Å². The van der Waals surface area contributed by atoms with Gasteiger partial charge < -0.3 is 15.5 Å². The topological polar surface area (TPSA) is 86.6 Å². The van der Waals surface area contributed by atoms with Crippen molar-refractivity contribution < 1.29 is 19.8 Å². The molecule has 0 saturated heterocycles. The number of carboxylic acid groups (broad SMARTS) is 2. The lowest BCUT2D eigenvalue weighted by Gasteiger charge is -2.19. The molecule has 0 rings (SSSR count). The molecule has 0 aliphatic carbocycles. The monoisotopic (exact) mass is 247 g/mol. The molecule has 0 spiro atoms. The molecule has 0 aliphatic heterocycles. The summed E-state index contributed by atoms with van der Waals surface area (Å²) in [5, 5.41) is 20.4. The molecule has 2 unspecified atom stereocenters. The SMILES string of the molecule is CC(C)C(C(=O)O)C(C)C(=O)O.CCNCC. The Bertz CT molecular complexity index is 227. The molecular formula is C12H25NO4. The third kappa shape index (κ3) is 8.68. The van der Waals surface area contributed by atoms with Crippen LogP contribution in [0, 0.1) is 17.8 Å². The van der Waals surface area contributed by atoms with Crippen molar-refractivity contribution >= 4 is 11.9 Å². The predicted octanol–water partition coefficient (Wildman–Crippen LogP) is 1.68. The van der Waals surface area contributed by atoms with E-state index in [1.54, 1.807) is 13.8 Å². The number of aliphatic carboxylic acids is 2. The maximum atomic E-state index is 10.6.